The average molecular weight is 448 g/mol. The third-order valence-corrected chi connectivity index (χ3v) is 5.84. The van der Waals surface area contributed by atoms with Crippen LogP contribution in [0.1, 0.15) is 25.8 Å². The third-order valence-electron chi connectivity index (χ3n) is 4.33. The first kappa shape index (κ1) is 25.4. The molecule has 1 aromatic carbocycles. The topological polar surface area (TPSA) is 96.0 Å². The first-order valence-corrected chi connectivity index (χ1v) is 11.6. The zero-order chi connectivity index (χ0) is 22.0. The molecule has 0 unspecified atom stereocenters. The van der Waals surface area contributed by atoms with E-state index in [0.717, 1.165) is 16.1 Å². The Bertz CT molecular complexity index is 771. The molecule has 29 heavy (non-hydrogen) atoms. The molecule has 0 radical (unpaired) electrons. The van der Waals surface area contributed by atoms with Crippen LogP contribution in [-0.4, -0.2) is 75.1 Å². The van der Waals surface area contributed by atoms with Gasteiger partial charge in [-0.2, -0.15) is 4.31 Å². The number of nitrogens with one attached hydrogen (secondary N) is 1. The lowest BCUT2D eigenvalue weighted by atomic mass is 10.1. The summed E-state index contributed by atoms with van der Waals surface area (Å²) in [5.74, 6) is -0.782. The number of carbonyl (C=O) groups is 2. The highest BCUT2D eigenvalue weighted by Gasteiger charge is 2.28. The highest BCUT2D eigenvalue weighted by atomic mass is 35.5. The molecule has 10 heteroatoms. The molecule has 2 amide bonds. The van der Waals surface area contributed by atoms with Gasteiger partial charge in [-0.3, -0.25) is 9.59 Å². The Morgan fingerprint density at radius 2 is 1.86 bits per heavy atom. The summed E-state index contributed by atoms with van der Waals surface area (Å²) in [7, 11) is -2.20. The Labute approximate surface area is 178 Å². The number of nitrogens with zero attached hydrogens (tertiary/aromatic N) is 2. The summed E-state index contributed by atoms with van der Waals surface area (Å²) in [4.78, 5) is 26.7. The zero-order valence-electron chi connectivity index (χ0n) is 17.4. The predicted molar refractivity (Wildman–Crippen MR) is 113 cm³/mol. The summed E-state index contributed by atoms with van der Waals surface area (Å²) in [5, 5.41) is 3.35. The lowest BCUT2D eigenvalue weighted by Crippen LogP contribution is -2.50. The van der Waals surface area contributed by atoms with Gasteiger partial charge in [-0.15, -0.1) is 0 Å². The third kappa shape index (κ3) is 9.12. The van der Waals surface area contributed by atoms with Gasteiger partial charge in [-0.1, -0.05) is 23.7 Å². The second-order valence-electron chi connectivity index (χ2n) is 6.68. The smallest absolute Gasteiger partial charge is 0.242 e. The normalized spacial score (nSPS) is 12.6. The molecule has 8 nitrogen and oxygen atoms in total. The second-order valence-corrected chi connectivity index (χ2v) is 9.21. The number of hydrogen-bond acceptors (Lipinski definition) is 5. The number of rotatable bonds is 12. The van der Waals surface area contributed by atoms with Crippen LogP contribution in [-0.2, 0) is 30.9 Å². The van der Waals surface area contributed by atoms with Gasteiger partial charge in [-0.05, 0) is 38.0 Å². The molecule has 0 spiro atoms. The van der Waals surface area contributed by atoms with Gasteiger partial charge in [-0.25, -0.2) is 8.42 Å². The van der Waals surface area contributed by atoms with Gasteiger partial charge in [0.1, 0.15) is 6.04 Å². The maximum Gasteiger partial charge on any atom is 0.242 e. The fourth-order valence-corrected chi connectivity index (χ4v) is 2.92. The molecule has 0 aliphatic heterocycles. The molecule has 1 rings (SSSR count). The number of sulfonamides is 1. The van der Waals surface area contributed by atoms with Crippen molar-refractivity contribution >= 4 is 33.4 Å². The summed E-state index contributed by atoms with van der Waals surface area (Å²) in [6.07, 6.45) is 1.69. The van der Waals surface area contributed by atoms with Crippen molar-refractivity contribution in [2.24, 2.45) is 0 Å². The van der Waals surface area contributed by atoms with E-state index in [2.05, 4.69) is 5.32 Å². The van der Waals surface area contributed by atoms with Crippen LogP contribution in [0.15, 0.2) is 24.3 Å². The summed E-state index contributed by atoms with van der Waals surface area (Å²) >= 11 is 5.91. The molecule has 1 N–H and O–H groups in total. The summed E-state index contributed by atoms with van der Waals surface area (Å²) in [5.41, 5.74) is 0.778. The predicted octanol–water partition coefficient (Wildman–Crippen LogP) is 1.49. The maximum absolute atomic E-state index is 12.8. The number of ether oxygens (including phenoxy) is 1. The van der Waals surface area contributed by atoms with Gasteiger partial charge in [0.15, 0.2) is 0 Å². The van der Waals surface area contributed by atoms with Gasteiger partial charge in [0.2, 0.25) is 21.8 Å². The van der Waals surface area contributed by atoms with Crippen LogP contribution in [0.3, 0.4) is 0 Å². The number of carbonyl (C=O) groups excluding carboxylic acids is 2. The fraction of sp³-hybridized carbons (Fsp3) is 0.579. The Hall–Kier alpha value is -1.68. The standard InChI is InChI=1S/C19H30ClN3O5S/c1-5-28-12-6-11-21-19(25)15(2)23(13-16-7-9-17(20)10-8-16)18(24)14-22(3)29(4,26)27/h7-10,15H,5-6,11-14H2,1-4H3,(H,21,25)/t15-/m0/s1. The van der Waals surface area contributed by atoms with Crippen LogP contribution >= 0.6 is 11.6 Å². The van der Waals surface area contributed by atoms with Gasteiger partial charge >= 0.3 is 0 Å². The molecule has 0 aliphatic carbocycles. The number of likely N-dealkylation sites (N-methyl/N-ethyl adjacent to an activating group) is 1. The quantitative estimate of drug-likeness (QED) is 0.490. The van der Waals surface area contributed by atoms with Gasteiger partial charge < -0.3 is 15.0 Å². The van der Waals surface area contributed by atoms with Crippen molar-refractivity contribution in [3.63, 3.8) is 0 Å². The number of hydrogen-bond donors (Lipinski definition) is 1. The van der Waals surface area contributed by atoms with Gasteiger partial charge in [0.25, 0.3) is 0 Å². The molecule has 0 fully saturated rings. The molecule has 0 aliphatic rings. The minimum absolute atomic E-state index is 0.154. The maximum atomic E-state index is 12.8. The van der Waals surface area contributed by atoms with Crippen LogP contribution in [0.5, 0.6) is 0 Å². The van der Waals surface area contributed by atoms with Crippen molar-refractivity contribution in [2.75, 3.05) is 39.6 Å². The van der Waals surface area contributed by atoms with E-state index in [1.807, 2.05) is 6.92 Å². The van der Waals surface area contributed by atoms with Crippen molar-refractivity contribution < 1.29 is 22.7 Å². The molecular weight excluding hydrogens is 418 g/mol. The van der Waals surface area contributed by atoms with E-state index in [0.29, 0.717) is 31.2 Å². The van der Waals surface area contributed by atoms with E-state index in [-0.39, 0.29) is 19.0 Å². The van der Waals surface area contributed by atoms with E-state index >= 15 is 0 Å². The molecule has 1 atom stereocenters. The zero-order valence-corrected chi connectivity index (χ0v) is 18.9. The lowest BCUT2D eigenvalue weighted by molar-refractivity contribution is -0.140. The fourth-order valence-electron chi connectivity index (χ4n) is 2.45. The van der Waals surface area contributed by atoms with Crippen molar-refractivity contribution in [1.82, 2.24) is 14.5 Å². The molecule has 0 saturated heterocycles. The Morgan fingerprint density at radius 1 is 1.24 bits per heavy atom. The monoisotopic (exact) mass is 447 g/mol. The summed E-state index contributed by atoms with van der Waals surface area (Å²) in [6.45, 7) is 4.89. The highest BCUT2D eigenvalue weighted by molar-refractivity contribution is 7.88. The molecule has 1 aromatic rings. The number of amides is 2. The van der Waals surface area contributed by atoms with Crippen molar-refractivity contribution in [1.29, 1.82) is 0 Å². The summed E-state index contributed by atoms with van der Waals surface area (Å²) < 4.78 is 29.5. The summed E-state index contributed by atoms with van der Waals surface area (Å²) in [6, 6.07) is 6.13. The van der Waals surface area contributed by atoms with E-state index < -0.39 is 22.0 Å². The van der Waals surface area contributed by atoms with Crippen molar-refractivity contribution in [3.8, 4) is 0 Å². The average Bonchev–Trinajstić information content (AvgIpc) is 2.65. The van der Waals surface area contributed by atoms with Gasteiger partial charge in [0.05, 0.1) is 12.8 Å². The molecule has 0 bridgehead atoms. The second kappa shape index (κ2) is 12.1. The first-order chi connectivity index (χ1) is 13.6. The van der Waals surface area contributed by atoms with Gasteiger partial charge in [0, 0.05) is 38.4 Å². The van der Waals surface area contributed by atoms with Crippen LogP contribution in [0, 0.1) is 0 Å². The van der Waals surface area contributed by atoms with E-state index in [9.17, 15) is 18.0 Å². The first-order valence-electron chi connectivity index (χ1n) is 9.37. The lowest BCUT2D eigenvalue weighted by Gasteiger charge is -2.30. The van der Waals surface area contributed by atoms with Crippen molar-refractivity contribution in [2.45, 2.75) is 32.9 Å². The Morgan fingerprint density at radius 3 is 2.41 bits per heavy atom. The molecule has 0 saturated carbocycles. The van der Waals surface area contributed by atoms with Crippen LogP contribution in [0.4, 0.5) is 0 Å². The SMILES string of the molecule is CCOCCCNC(=O)[C@H](C)N(Cc1ccc(Cl)cc1)C(=O)CN(C)S(C)(=O)=O. The minimum atomic E-state index is -3.52. The van der Waals surface area contributed by atoms with Crippen molar-refractivity contribution in [3.05, 3.63) is 34.9 Å². The molecule has 164 valence electrons. The largest absolute Gasteiger partial charge is 0.382 e. The van der Waals surface area contributed by atoms with Crippen LogP contribution in [0.2, 0.25) is 5.02 Å². The molecular formula is C19H30ClN3O5S. The van der Waals surface area contributed by atoms with Crippen LogP contribution < -0.4 is 5.32 Å². The Balaban J connectivity index is 2.88. The molecule has 0 heterocycles. The van der Waals surface area contributed by atoms with E-state index in [1.165, 1.54) is 11.9 Å². The number of halogens is 1. The minimum Gasteiger partial charge on any atom is -0.382 e. The number of benzene rings is 1. The van der Waals surface area contributed by atoms with E-state index in [1.54, 1.807) is 31.2 Å². The van der Waals surface area contributed by atoms with Crippen LogP contribution in [0.25, 0.3) is 0 Å². The van der Waals surface area contributed by atoms with E-state index in [4.69, 9.17) is 16.3 Å². The Kier molecular flexibility index (Phi) is 10.6. The highest BCUT2D eigenvalue weighted by Crippen LogP contribution is 2.14. The molecule has 0 aromatic heterocycles.